The fourth-order valence-electron chi connectivity index (χ4n) is 1.86. The highest BCUT2D eigenvalue weighted by Gasteiger charge is 2.26. The van der Waals surface area contributed by atoms with Gasteiger partial charge in [-0.25, -0.2) is 13.1 Å². The van der Waals surface area contributed by atoms with Crippen molar-refractivity contribution in [1.82, 2.24) is 4.72 Å². The Morgan fingerprint density at radius 1 is 1.17 bits per heavy atom. The zero-order chi connectivity index (χ0) is 17.0. The number of nitrogens with two attached hydrogens (primary N) is 1. The Morgan fingerprint density at radius 2 is 1.65 bits per heavy atom. The molecule has 0 saturated carbocycles. The Bertz CT molecular complexity index is 619. The molecule has 0 spiro atoms. The first-order valence-corrected chi connectivity index (χ1v) is 8.79. The molecule has 134 valence electrons. The van der Waals surface area contributed by atoms with E-state index < -0.39 is 15.6 Å². The van der Waals surface area contributed by atoms with Gasteiger partial charge in [0.25, 0.3) is 0 Å². The molecule has 0 atom stereocenters. The van der Waals surface area contributed by atoms with Crippen molar-refractivity contribution in [3.8, 4) is 11.5 Å². The van der Waals surface area contributed by atoms with Crippen LogP contribution in [0.3, 0.4) is 0 Å². The third kappa shape index (κ3) is 5.39. The maximum Gasteiger partial charge on any atom is 0.242 e. The molecular formula is C14H24Cl2N2O4S. The summed E-state index contributed by atoms with van der Waals surface area (Å²) >= 11 is 6.05. The third-order valence-electron chi connectivity index (χ3n) is 3.75. The Morgan fingerprint density at radius 3 is 2.09 bits per heavy atom. The highest BCUT2D eigenvalue weighted by molar-refractivity contribution is 7.89. The van der Waals surface area contributed by atoms with Gasteiger partial charge in [0.2, 0.25) is 10.0 Å². The second kappa shape index (κ2) is 8.94. The average molecular weight is 387 g/mol. The number of halogens is 2. The van der Waals surface area contributed by atoms with Crippen LogP contribution < -0.4 is 19.9 Å². The molecule has 0 radical (unpaired) electrons. The van der Waals surface area contributed by atoms with Crippen LogP contribution in [0.4, 0.5) is 0 Å². The van der Waals surface area contributed by atoms with E-state index in [0.29, 0.717) is 18.6 Å². The second-order valence-corrected chi connectivity index (χ2v) is 7.17. The van der Waals surface area contributed by atoms with Gasteiger partial charge in [-0.3, -0.25) is 0 Å². The van der Waals surface area contributed by atoms with Gasteiger partial charge in [-0.15, -0.1) is 12.4 Å². The van der Waals surface area contributed by atoms with Crippen molar-refractivity contribution >= 4 is 34.0 Å². The van der Waals surface area contributed by atoms with E-state index in [9.17, 15) is 8.42 Å². The fourth-order valence-corrected chi connectivity index (χ4v) is 3.53. The number of rotatable bonds is 8. The van der Waals surface area contributed by atoms with Crippen LogP contribution in [-0.2, 0) is 10.0 Å². The van der Waals surface area contributed by atoms with E-state index in [-0.39, 0.29) is 34.6 Å². The molecule has 0 saturated heterocycles. The summed E-state index contributed by atoms with van der Waals surface area (Å²) in [5.41, 5.74) is 5.53. The summed E-state index contributed by atoms with van der Waals surface area (Å²) < 4.78 is 37.6. The summed E-state index contributed by atoms with van der Waals surface area (Å²) in [6.45, 7) is 3.97. The molecule has 9 heteroatoms. The molecule has 1 aromatic carbocycles. The lowest BCUT2D eigenvalue weighted by molar-refractivity contribution is 0.353. The van der Waals surface area contributed by atoms with Gasteiger partial charge in [0, 0.05) is 24.2 Å². The molecule has 0 aliphatic carbocycles. The van der Waals surface area contributed by atoms with Gasteiger partial charge in [-0.1, -0.05) is 25.4 Å². The van der Waals surface area contributed by atoms with Crippen LogP contribution in [0.15, 0.2) is 17.0 Å². The molecular weight excluding hydrogens is 363 g/mol. The van der Waals surface area contributed by atoms with Crippen LogP contribution in [0.25, 0.3) is 0 Å². The largest absolute Gasteiger partial charge is 0.493 e. The van der Waals surface area contributed by atoms with E-state index in [1.165, 1.54) is 26.4 Å². The van der Waals surface area contributed by atoms with Crippen LogP contribution in [0.2, 0.25) is 5.02 Å². The molecule has 0 amide bonds. The molecule has 0 fully saturated rings. The van der Waals surface area contributed by atoms with Crippen LogP contribution >= 0.6 is 24.0 Å². The number of hydrogen-bond acceptors (Lipinski definition) is 5. The van der Waals surface area contributed by atoms with Gasteiger partial charge in [0.05, 0.1) is 19.2 Å². The zero-order valence-corrected chi connectivity index (χ0v) is 16.1. The van der Waals surface area contributed by atoms with Crippen molar-refractivity contribution in [2.24, 2.45) is 5.73 Å². The third-order valence-corrected chi connectivity index (χ3v) is 5.62. The van der Waals surface area contributed by atoms with Crippen LogP contribution in [0.5, 0.6) is 11.5 Å². The lowest BCUT2D eigenvalue weighted by Gasteiger charge is -2.26. The number of nitrogens with one attached hydrogen (secondary N) is 1. The minimum atomic E-state index is -3.80. The topological polar surface area (TPSA) is 90.7 Å². The molecule has 1 aromatic rings. The Balaban J connectivity index is 0.00000484. The summed E-state index contributed by atoms with van der Waals surface area (Å²) in [5.74, 6) is 0.652. The van der Waals surface area contributed by atoms with Gasteiger partial charge in [0.1, 0.15) is 4.90 Å². The lowest BCUT2D eigenvalue weighted by Crippen LogP contribution is -2.49. The van der Waals surface area contributed by atoms with Crippen molar-refractivity contribution in [3.63, 3.8) is 0 Å². The van der Waals surface area contributed by atoms with E-state index in [1.54, 1.807) is 0 Å². The van der Waals surface area contributed by atoms with Crippen molar-refractivity contribution in [1.29, 1.82) is 0 Å². The molecule has 6 nitrogen and oxygen atoms in total. The van der Waals surface area contributed by atoms with E-state index in [4.69, 9.17) is 26.8 Å². The highest BCUT2D eigenvalue weighted by Crippen LogP contribution is 2.35. The number of benzene rings is 1. The van der Waals surface area contributed by atoms with Crippen LogP contribution in [0.1, 0.15) is 26.7 Å². The minimum absolute atomic E-state index is 0. The first kappa shape index (κ1) is 22.3. The molecule has 3 N–H and O–H groups in total. The quantitative estimate of drug-likeness (QED) is 0.716. The lowest BCUT2D eigenvalue weighted by atomic mass is 9.95. The van der Waals surface area contributed by atoms with Gasteiger partial charge >= 0.3 is 0 Å². The minimum Gasteiger partial charge on any atom is -0.493 e. The summed E-state index contributed by atoms with van der Waals surface area (Å²) in [5, 5.41) is 0.0563. The van der Waals surface area contributed by atoms with Crippen LogP contribution in [-0.4, -0.2) is 34.7 Å². The average Bonchev–Trinajstić information content (AvgIpc) is 2.52. The molecule has 0 aromatic heterocycles. The first-order valence-electron chi connectivity index (χ1n) is 6.93. The molecule has 23 heavy (non-hydrogen) atoms. The van der Waals surface area contributed by atoms with E-state index >= 15 is 0 Å². The normalized spacial score (nSPS) is 11.7. The van der Waals surface area contributed by atoms with E-state index in [1.807, 2.05) is 13.8 Å². The summed E-state index contributed by atoms with van der Waals surface area (Å²) in [7, 11) is -0.924. The zero-order valence-electron chi connectivity index (χ0n) is 13.7. The number of ether oxygens (including phenoxy) is 2. The van der Waals surface area contributed by atoms with Crippen molar-refractivity contribution in [2.45, 2.75) is 37.1 Å². The van der Waals surface area contributed by atoms with Gasteiger partial charge in [-0.2, -0.15) is 0 Å². The molecule has 0 bridgehead atoms. The van der Waals surface area contributed by atoms with E-state index in [2.05, 4.69) is 4.72 Å². The number of methoxy groups -OCH3 is 2. The summed E-state index contributed by atoms with van der Waals surface area (Å²) in [4.78, 5) is -0.0682. The van der Waals surface area contributed by atoms with Crippen molar-refractivity contribution in [3.05, 3.63) is 17.2 Å². The molecule has 0 aliphatic heterocycles. The number of hydrogen-bond donors (Lipinski definition) is 2. The molecule has 1 rings (SSSR count). The Kier molecular flexibility index (Phi) is 8.65. The Hall–Kier alpha value is -0.730. The maximum absolute atomic E-state index is 12.5. The smallest absolute Gasteiger partial charge is 0.242 e. The molecule has 0 aliphatic rings. The van der Waals surface area contributed by atoms with Gasteiger partial charge < -0.3 is 15.2 Å². The monoisotopic (exact) mass is 386 g/mol. The van der Waals surface area contributed by atoms with E-state index in [0.717, 1.165) is 0 Å². The first-order chi connectivity index (χ1) is 10.2. The summed E-state index contributed by atoms with van der Waals surface area (Å²) in [6, 6.07) is 2.74. The predicted molar refractivity (Wildman–Crippen MR) is 94.5 cm³/mol. The molecule has 0 heterocycles. The van der Waals surface area contributed by atoms with Gasteiger partial charge in [-0.05, 0) is 12.8 Å². The van der Waals surface area contributed by atoms with Gasteiger partial charge in [0.15, 0.2) is 11.5 Å². The Labute approximate surface area is 149 Å². The predicted octanol–water partition coefficient (Wildman–Crippen LogP) is 2.57. The SMILES string of the molecule is CCC(N)(CC)CNS(=O)(=O)c1cc(OC)c(OC)cc1Cl.Cl. The van der Waals surface area contributed by atoms with Crippen LogP contribution in [0, 0.1) is 0 Å². The standard InChI is InChI=1S/C14H23ClN2O4S.ClH/c1-5-14(16,6-2)9-17-22(18,19)13-8-12(21-4)11(20-3)7-10(13)15;/h7-8,17H,5-6,9,16H2,1-4H3;1H. The maximum atomic E-state index is 12.5. The summed E-state index contributed by atoms with van der Waals surface area (Å²) in [6.07, 6.45) is 1.32. The fraction of sp³-hybridized carbons (Fsp3) is 0.571. The van der Waals surface area contributed by atoms with Crippen molar-refractivity contribution < 1.29 is 17.9 Å². The molecule has 0 unspecified atom stereocenters. The number of sulfonamides is 1. The van der Waals surface area contributed by atoms with Crippen molar-refractivity contribution in [2.75, 3.05) is 20.8 Å². The second-order valence-electron chi connectivity index (χ2n) is 5.03. The highest BCUT2D eigenvalue weighted by atomic mass is 35.5.